The lowest BCUT2D eigenvalue weighted by Gasteiger charge is -2.20. The van der Waals surface area contributed by atoms with Crippen molar-refractivity contribution in [3.63, 3.8) is 0 Å². The van der Waals surface area contributed by atoms with Crippen LogP contribution in [-0.4, -0.2) is 23.8 Å². The van der Waals surface area contributed by atoms with Crippen molar-refractivity contribution in [2.24, 2.45) is 0 Å². The highest BCUT2D eigenvalue weighted by molar-refractivity contribution is 5.44. The predicted molar refractivity (Wildman–Crippen MR) is 98.7 cm³/mol. The van der Waals surface area contributed by atoms with Gasteiger partial charge in [0.05, 0.1) is 20.8 Å². The summed E-state index contributed by atoms with van der Waals surface area (Å²) >= 11 is 0. The van der Waals surface area contributed by atoms with Gasteiger partial charge in [-0.05, 0) is 29.1 Å². The fraction of sp³-hybridized carbons (Fsp3) is 0.200. The van der Waals surface area contributed by atoms with E-state index in [4.69, 9.17) is 9.47 Å². The van der Waals surface area contributed by atoms with E-state index in [1.807, 2.05) is 30.3 Å². The summed E-state index contributed by atoms with van der Waals surface area (Å²) in [5.41, 5.74) is 0.0905. The van der Waals surface area contributed by atoms with E-state index in [0.29, 0.717) is 17.1 Å². The Morgan fingerprint density at radius 3 is 2.33 bits per heavy atom. The van der Waals surface area contributed by atoms with Crippen LogP contribution in [0.1, 0.15) is 16.7 Å². The van der Waals surface area contributed by atoms with E-state index in [0.717, 1.165) is 10.1 Å². The topological polar surface area (TPSA) is 96.4 Å². The van der Waals surface area contributed by atoms with Gasteiger partial charge in [-0.2, -0.15) is 0 Å². The average molecular weight is 367 g/mol. The molecule has 1 heterocycles. The number of nitrogens with one attached hydrogen (secondary N) is 1. The number of rotatable bonds is 6. The van der Waals surface area contributed by atoms with Gasteiger partial charge in [-0.15, -0.1) is 0 Å². The zero-order valence-electron chi connectivity index (χ0n) is 15.0. The molecule has 3 rings (SSSR count). The summed E-state index contributed by atoms with van der Waals surface area (Å²) in [6.07, 6.45) is 0.0730. The van der Waals surface area contributed by atoms with Crippen LogP contribution in [0.4, 0.5) is 0 Å². The fourth-order valence-corrected chi connectivity index (χ4v) is 2.85. The number of H-pyrrole nitrogens is 1. The molecule has 3 aromatic rings. The summed E-state index contributed by atoms with van der Waals surface area (Å²) in [6, 6.07) is 14.3. The highest BCUT2D eigenvalue weighted by atomic mass is 16.5. The van der Waals surface area contributed by atoms with Gasteiger partial charge >= 0.3 is 5.69 Å². The van der Waals surface area contributed by atoms with Crippen LogP contribution in [0.2, 0.25) is 0 Å². The van der Waals surface area contributed by atoms with Crippen LogP contribution in [0.25, 0.3) is 0 Å². The summed E-state index contributed by atoms with van der Waals surface area (Å²) in [5, 5.41) is 12.8. The number of benzene rings is 2. The molecule has 2 aromatic carbocycles. The Bertz CT molecular complexity index is 1050. The van der Waals surface area contributed by atoms with Crippen LogP contribution in [0.15, 0.2) is 58.1 Å². The molecule has 0 spiro atoms. The second kappa shape index (κ2) is 7.82. The first kappa shape index (κ1) is 18.3. The Hall–Kier alpha value is -3.48. The monoisotopic (exact) mass is 367 g/mol. The summed E-state index contributed by atoms with van der Waals surface area (Å²) < 4.78 is 11.5. The molecule has 0 unspecified atom stereocenters. The van der Waals surface area contributed by atoms with Crippen LogP contribution < -0.4 is 25.8 Å². The largest absolute Gasteiger partial charge is 0.860 e. The molecular weight excluding hydrogens is 348 g/mol. The van der Waals surface area contributed by atoms with Crippen LogP contribution in [0.5, 0.6) is 17.4 Å². The summed E-state index contributed by atoms with van der Waals surface area (Å²) in [7, 11) is 3.03. The molecule has 0 atom stereocenters. The Balaban J connectivity index is 2.00. The van der Waals surface area contributed by atoms with Crippen molar-refractivity contribution in [3.05, 3.63) is 86.1 Å². The maximum Gasteiger partial charge on any atom is 0.328 e. The zero-order chi connectivity index (χ0) is 19.4. The van der Waals surface area contributed by atoms with Crippen molar-refractivity contribution >= 4 is 0 Å². The van der Waals surface area contributed by atoms with E-state index >= 15 is 0 Å². The minimum atomic E-state index is -0.718. The minimum Gasteiger partial charge on any atom is -0.860 e. The third-order valence-electron chi connectivity index (χ3n) is 4.26. The van der Waals surface area contributed by atoms with E-state index in [1.165, 1.54) is 14.2 Å². The number of methoxy groups -OCH3 is 2. The van der Waals surface area contributed by atoms with Crippen molar-refractivity contribution in [2.75, 3.05) is 14.2 Å². The van der Waals surface area contributed by atoms with Crippen molar-refractivity contribution in [3.8, 4) is 17.4 Å². The minimum absolute atomic E-state index is 0.00208. The molecule has 1 N–H and O–H groups in total. The number of ether oxygens (including phenoxy) is 2. The summed E-state index contributed by atoms with van der Waals surface area (Å²) in [5.74, 6) is 0.449. The summed E-state index contributed by atoms with van der Waals surface area (Å²) in [6.45, 7) is 0.0915. The van der Waals surface area contributed by atoms with Crippen LogP contribution in [0.3, 0.4) is 0 Å². The lowest BCUT2D eigenvalue weighted by atomic mass is 10.1. The van der Waals surface area contributed by atoms with Gasteiger partial charge in [-0.1, -0.05) is 36.4 Å². The quantitative estimate of drug-likeness (QED) is 0.708. The maximum absolute atomic E-state index is 12.8. The van der Waals surface area contributed by atoms with Crippen LogP contribution in [-0.2, 0) is 13.0 Å². The van der Waals surface area contributed by atoms with E-state index in [2.05, 4.69) is 4.98 Å². The van der Waals surface area contributed by atoms with Gasteiger partial charge in [0, 0.05) is 12.0 Å². The first-order valence-corrected chi connectivity index (χ1v) is 8.31. The van der Waals surface area contributed by atoms with Crippen molar-refractivity contribution in [1.82, 2.24) is 9.55 Å². The molecule has 0 saturated heterocycles. The number of hydrogen-bond acceptors (Lipinski definition) is 5. The Kier molecular flexibility index (Phi) is 5.30. The number of aromatic amines is 1. The summed E-state index contributed by atoms with van der Waals surface area (Å²) in [4.78, 5) is 26.6. The van der Waals surface area contributed by atoms with Gasteiger partial charge < -0.3 is 19.1 Å². The molecule has 140 valence electrons. The average Bonchev–Trinajstić information content (AvgIpc) is 2.69. The van der Waals surface area contributed by atoms with E-state index < -0.39 is 17.1 Å². The lowest BCUT2D eigenvalue weighted by Crippen LogP contribution is -2.35. The molecule has 0 saturated carbocycles. The highest BCUT2D eigenvalue weighted by Crippen LogP contribution is 2.28. The Morgan fingerprint density at radius 2 is 1.67 bits per heavy atom. The van der Waals surface area contributed by atoms with Gasteiger partial charge in [-0.25, -0.2) is 4.79 Å². The molecular formula is C20H19N2O5-. The van der Waals surface area contributed by atoms with Gasteiger partial charge in [0.2, 0.25) is 0 Å². The standard InChI is InChI=1S/C20H20N2O5/c1-26-16-9-8-14(11-17(16)27-2)10-15-18(23)21-20(25)22(19(15)24)12-13-6-4-3-5-7-13/h3-9,11,24H,10,12H2,1-2H3,(H,21,23,25)/p-1. The van der Waals surface area contributed by atoms with E-state index in [-0.39, 0.29) is 18.5 Å². The third-order valence-corrected chi connectivity index (χ3v) is 4.26. The van der Waals surface area contributed by atoms with E-state index in [9.17, 15) is 14.7 Å². The molecule has 0 aliphatic heterocycles. The molecule has 0 amide bonds. The predicted octanol–water partition coefficient (Wildman–Crippen LogP) is 1.27. The fourth-order valence-electron chi connectivity index (χ4n) is 2.85. The van der Waals surface area contributed by atoms with Gasteiger partial charge in [0.1, 0.15) is 0 Å². The number of nitrogens with zero attached hydrogens (tertiary/aromatic N) is 1. The number of aromatic nitrogens is 2. The first-order chi connectivity index (χ1) is 13.0. The SMILES string of the molecule is COc1ccc(Cc2c([O-])n(Cc3ccccc3)c(=O)[nH]c2=O)cc1OC. The second-order valence-electron chi connectivity index (χ2n) is 5.98. The van der Waals surface area contributed by atoms with Crippen LogP contribution >= 0.6 is 0 Å². The van der Waals surface area contributed by atoms with Crippen LogP contribution in [0, 0.1) is 0 Å². The second-order valence-corrected chi connectivity index (χ2v) is 5.98. The third kappa shape index (κ3) is 3.87. The Labute approximate surface area is 155 Å². The maximum atomic E-state index is 12.8. The lowest BCUT2D eigenvalue weighted by molar-refractivity contribution is -0.281. The smallest absolute Gasteiger partial charge is 0.328 e. The molecule has 0 radical (unpaired) electrons. The molecule has 1 aromatic heterocycles. The molecule has 0 bridgehead atoms. The normalized spacial score (nSPS) is 10.6. The Morgan fingerprint density at radius 1 is 0.963 bits per heavy atom. The first-order valence-electron chi connectivity index (χ1n) is 8.31. The molecule has 27 heavy (non-hydrogen) atoms. The highest BCUT2D eigenvalue weighted by Gasteiger charge is 2.11. The van der Waals surface area contributed by atoms with E-state index in [1.54, 1.807) is 18.2 Å². The van der Waals surface area contributed by atoms with Gasteiger partial charge in [-0.3, -0.25) is 9.78 Å². The molecule has 7 heteroatoms. The van der Waals surface area contributed by atoms with Crippen molar-refractivity contribution < 1.29 is 14.6 Å². The van der Waals surface area contributed by atoms with Gasteiger partial charge in [0.15, 0.2) is 11.5 Å². The van der Waals surface area contributed by atoms with Crippen molar-refractivity contribution in [2.45, 2.75) is 13.0 Å². The van der Waals surface area contributed by atoms with Crippen molar-refractivity contribution in [1.29, 1.82) is 0 Å². The number of hydrogen-bond donors (Lipinski definition) is 1. The zero-order valence-corrected chi connectivity index (χ0v) is 15.0. The molecule has 7 nitrogen and oxygen atoms in total. The van der Waals surface area contributed by atoms with Gasteiger partial charge in [0.25, 0.3) is 5.56 Å². The molecule has 0 aliphatic rings. The molecule has 0 aliphatic carbocycles. The molecule has 0 fully saturated rings.